The number of fused-ring (bicyclic) bond motifs is 2. The normalized spacial score (nSPS) is 11.5. The number of carbonyl (C=O) groups is 2. The molecule has 0 bridgehead atoms. The fourth-order valence-electron chi connectivity index (χ4n) is 4.25. The first kappa shape index (κ1) is 26.9. The molecule has 1 amide bonds. The van der Waals surface area contributed by atoms with Crippen LogP contribution in [0.4, 0.5) is 18.2 Å². The number of hydrogen-bond acceptors (Lipinski definition) is 7. The highest BCUT2D eigenvalue weighted by atomic mass is 32.1. The summed E-state index contributed by atoms with van der Waals surface area (Å²) in [6.07, 6.45) is -4.85. The first-order valence-electron chi connectivity index (χ1n) is 12.0. The standard InChI is InChI=1S/C28H20F3N3O5S/c1-2-38-27(37)24-21-15-40-25(32-22(35)14-17-8-5-7-16-6-3-4-9-20(16)17)23(21)26(36)34(33-24)18-10-12-19(13-11-18)39-28(29,30)31/h3-13,15H,2,14H2,1H3,(H,32,35). The van der Waals surface area contributed by atoms with E-state index in [-0.39, 0.29) is 46.1 Å². The van der Waals surface area contributed by atoms with Gasteiger partial charge in [-0.1, -0.05) is 42.5 Å². The lowest BCUT2D eigenvalue weighted by Crippen LogP contribution is -2.26. The average Bonchev–Trinajstić information content (AvgIpc) is 3.33. The Labute approximate surface area is 228 Å². The minimum atomic E-state index is -4.89. The second-order valence-corrected chi connectivity index (χ2v) is 9.42. The number of thiophene rings is 1. The number of carbonyl (C=O) groups excluding carboxylic acids is 2. The Bertz CT molecular complexity index is 1790. The van der Waals surface area contributed by atoms with Gasteiger partial charge in [-0.3, -0.25) is 9.59 Å². The summed E-state index contributed by atoms with van der Waals surface area (Å²) in [5.41, 5.74) is 0.00208. The van der Waals surface area contributed by atoms with Crippen molar-refractivity contribution < 1.29 is 32.2 Å². The molecule has 0 unspecified atom stereocenters. The van der Waals surface area contributed by atoms with Crippen molar-refractivity contribution in [2.75, 3.05) is 11.9 Å². The molecule has 5 rings (SSSR count). The molecule has 0 aliphatic heterocycles. The van der Waals surface area contributed by atoms with Gasteiger partial charge in [0.2, 0.25) is 5.91 Å². The van der Waals surface area contributed by atoms with E-state index in [1.807, 2.05) is 42.5 Å². The molecule has 0 saturated heterocycles. The van der Waals surface area contributed by atoms with Crippen LogP contribution in [0, 0.1) is 0 Å². The van der Waals surface area contributed by atoms with E-state index in [4.69, 9.17) is 4.74 Å². The van der Waals surface area contributed by atoms with Gasteiger partial charge < -0.3 is 14.8 Å². The van der Waals surface area contributed by atoms with Gasteiger partial charge in [0, 0.05) is 10.8 Å². The second kappa shape index (κ2) is 10.8. The van der Waals surface area contributed by atoms with Gasteiger partial charge in [-0.2, -0.15) is 9.78 Å². The number of anilines is 1. The lowest BCUT2D eigenvalue weighted by atomic mass is 10.0. The number of rotatable bonds is 7. The number of amides is 1. The molecule has 0 saturated carbocycles. The minimum Gasteiger partial charge on any atom is -0.461 e. The Morgan fingerprint density at radius 2 is 1.73 bits per heavy atom. The van der Waals surface area contributed by atoms with Crippen LogP contribution >= 0.6 is 11.3 Å². The van der Waals surface area contributed by atoms with Gasteiger partial charge in [0.1, 0.15) is 10.8 Å². The van der Waals surface area contributed by atoms with Crippen LogP contribution in [-0.4, -0.2) is 34.6 Å². The molecule has 204 valence electrons. The quantitative estimate of drug-likeness (QED) is 0.248. The molecule has 0 fully saturated rings. The summed E-state index contributed by atoms with van der Waals surface area (Å²) in [6, 6.07) is 17.7. The average molecular weight is 568 g/mol. The maximum atomic E-state index is 13.6. The van der Waals surface area contributed by atoms with Gasteiger partial charge in [-0.05, 0) is 47.5 Å². The first-order chi connectivity index (χ1) is 19.1. The highest BCUT2D eigenvalue weighted by molar-refractivity contribution is 7.16. The smallest absolute Gasteiger partial charge is 0.461 e. The molecule has 0 atom stereocenters. The monoisotopic (exact) mass is 567 g/mol. The molecule has 0 aliphatic carbocycles. The molecule has 8 nitrogen and oxygen atoms in total. The van der Waals surface area contributed by atoms with Crippen LogP contribution in [0.2, 0.25) is 0 Å². The third-order valence-electron chi connectivity index (χ3n) is 5.92. The van der Waals surface area contributed by atoms with Gasteiger partial charge >= 0.3 is 12.3 Å². The van der Waals surface area contributed by atoms with Crippen LogP contribution in [0.15, 0.2) is 76.9 Å². The maximum Gasteiger partial charge on any atom is 0.573 e. The van der Waals surface area contributed by atoms with Crippen LogP contribution in [0.1, 0.15) is 23.0 Å². The summed E-state index contributed by atoms with van der Waals surface area (Å²) in [5, 5.41) is 10.7. The zero-order chi connectivity index (χ0) is 28.4. The first-order valence-corrected chi connectivity index (χ1v) is 12.9. The molecule has 40 heavy (non-hydrogen) atoms. The summed E-state index contributed by atoms with van der Waals surface area (Å²) in [6.45, 7) is 1.65. The lowest BCUT2D eigenvalue weighted by Gasteiger charge is -2.12. The number of benzene rings is 3. The third kappa shape index (κ3) is 5.52. The van der Waals surface area contributed by atoms with E-state index < -0.39 is 23.6 Å². The van der Waals surface area contributed by atoms with Gasteiger partial charge in [0.05, 0.1) is 24.1 Å². The maximum absolute atomic E-state index is 13.6. The van der Waals surface area contributed by atoms with Gasteiger partial charge in [-0.15, -0.1) is 24.5 Å². The van der Waals surface area contributed by atoms with Crippen molar-refractivity contribution in [3.63, 3.8) is 0 Å². The summed E-state index contributed by atoms with van der Waals surface area (Å²) in [5.74, 6) is -1.67. The third-order valence-corrected chi connectivity index (χ3v) is 6.82. The van der Waals surface area contributed by atoms with E-state index in [0.717, 1.165) is 44.5 Å². The van der Waals surface area contributed by atoms with E-state index in [9.17, 15) is 27.6 Å². The number of alkyl halides is 3. The highest BCUT2D eigenvalue weighted by Gasteiger charge is 2.31. The number of esters is 1. The molecule has 3 aromatic carbocycles. The summed E-state index contributed by atoms with van der Waals surface area (Å²) >= 11 is 1.04. The molecule has 0 aliphatic rings. The molecule has 0 spiro atoms. The molecule has 0 radical (unpaired) electrons. The van der Waals surface area contributed by atoms with Gasteiger partial charge in [-0.25, -0.2) is 4.79 Å². The van der Waals surface area contributed by atoms with E-state index in [0.29, 0.717) is 0 Å². The van der Waals surface area contributed by atoms with Crippen LogP contribution in [-0.2, 0) is 16.0 Å². The summed E-state index contributed by atoms with van der Waals surface area (Å²) in [7, 11) is 0. The van der Waals surface area contributed by atoms with Crippen molar-refractivity contribution >= 4 is 49.8 Å². The van der Waals surface area contributed by atoms with Crippen LogP contribution in [0.3, 0.4) is 0 Å². The minimum absolute atomic E-state index is 0.0185. The lowest BCUT2D eigenvalue weighted by molar-refractivity contribution is -0.274. The number of nitrogens with zero attached hydrogens (tertiary/aromatic N) is 2. The zero-order valence-electron chi connectivity index (χ0n) is 20.8. The highest BCUT2D eigenvalue weighted by Crippen LogP contribution is 2.31. The Hall–Kier alpha value is -4.71. The molecule has 5 aromatic rings. The van der Waals surface area contributed by atoms with Crippen molar-refractivity contribution in [2.45, 2.75) is 19.7 Å². The predicted octanol–water partition coefficient (Wildman–Crippen LogP) is 5.86. The number of hydrogen-bond donors (Lipinski definition) is 1. The number of aromatic nitrogens is 2. The Morgan fingerprint density at radius 3 is 2.45 bits per heavy atom. The predicted molar refractivity (Wildman–Crippen MR) is 144 cm³/mol. The second-order valence-electron chi connectivity index (χ2n) is 8.54. The zero-order valence-corrected chi connectivity index (χ0v) is 21.6. The van der Waals surface area contributed by atoms with Gasteiger partial charge in [0.25, 0.3) is 5.56 Å². The van der Waals surface area contributed by atoms with Crippen molar-refractivity contribution in [1.29, 1.82) is 0 Å². The fraction of sp³-hybridized carbons (Fsp3) is 0.143. The van der Waals surface area contributed by atoms with Crippen LogP contribution in [0.5, 0.6) is 5.75 Å². The van der Waals surface area contributed by atoms with Crippen molar-refractivity contribution in [2.24, 2.45) is 0 Å². The molecule has 1 N–H and O–H groups in total. The van der Waals surface area contributed by atoms with E-state index in [1.54, 1.807) is 6.92 Å². The largest absolute Gasteiger partial charge is 0.573 e. The molecular weight excluding hydrogens is 547 g/mol. The molecule has 2 aromatic heterocycles. The van der Waals surface area contributed by atoms with E-state index in [2.05, 4.69) is 15.2 Å². The van der Waals surface area contributed by atoms with Crippen molar-refractivity contribution in [1.82, 2.24) is 9.78 Å². The Morgan fingerprint density at radius 1 is 1.00 bits per heavy atom. The Balaban J connectivity index is 1.54. The molecule has 12 heteroatoms. The topological polar surface area (TPSA) is 99.5 Å². The van der Waals surface area contributed by atoms with Crippen molar-refractivity contribution in [3.05, 3.63) is 93.7 Å². The Kier molecular flexibility index (Phi) is 7.26. The van der Waals surface area contributed by atoms with E-state index >= 15 is 0 Å². The van der Waals surface area contributed by atoms with Gasteiger partial charge in [0.15, 0.2) is 5.69 Å². The SMILES string of the molecule is CCOC(=O)c1nn(-c2ccc(OC(F)(F)F)cc2)c(=O)c2c(NC(=O)Cc3cccc4ccccc34)scc12. The fourth-order valence-corrected chi connectivity index (χ4v) is 5.20. The number of halogens is 3. The number of ether oxygens (including phenoxy) is 2. The molecule has 2 heterocycles. The summed E-state index contributed by atoms with van der Waals surface area (Å²) in [4.78, 5) is 39.4. The van der Waals surface area contributed by atoms with Crippen molar-refractivity contribution in [3.8, 4) is 11.4 Å². The number of nitrogens with one attached hydrogen (secondary N) is 1. The van der Waals surface area contributed by atoms with Crippen LogP contribution in [0.25, 0.3) is 27.2 Å². The summed E-state index contributed by atoms with van der Waals surface area (Å²) < 4.78 is 47.6. The van der Waals surface area contributed by atoms with E-state index in [1.165, 1.54) is 17.5 Å². The molecular formula is C28H20F3N3O5S. The van der Waals surface area contributed by atoms with Crippen LogP contribution < -0.4 is 15.6 Å².